The third-order valence-electron chi connectivity index (χ3n) is 3.14. The fourth-order valence-electron chi connectivity index (χ4n) is 2.18. The second kappa shape index (κ2) is 4.70. The maximum absolute atomic E-state index is 11.2. The molecular formula is C15H12N2O3. The molecule has 3 aromatic rings. The number of hydrogen-bond donors (Lipinski definition) is 1. The summed E-state index contributed by atoms with van der Waals surface area (Å²) in [5.74, 6) is -0.245. The number of aromatic nitrogens is 2. The summed E-state index contributed by atoms with van der Waals surface area (Å²) < 4.78 is 7.04. The lowest BCUT2D eigenvalue weighted by molar-refractivity contribution is 0.0699. The van der Waals surface area contributed by atoms with Crippen LogP contribution in [0.25, 0.3) is 16.7 Å². The molecule has 0 amide bonds. The predicted octanol–water partition coefficient (Wildman–Crippen LogP) is 2.73. The molecule has 0 fully saturated rings. The molecule has 100 valence electrons. The zero-order chi connectivity index (χ0) is 14.1. The summed E-state index contributed by atoms with van der Waals surface area (Å²) in [5, 5.41) is 9.18. The summed E-state index contributed by atoms with van der Waals surface area (Å²) in [6, 6.07) is 12.6. The van der Waals surface area contributed by atoms with E-state index < -0.39 is 5.97 Å². The Morgan fingerprint density at radius 2 is 2.05 bits per heavy atom. The van der Waals surface area contributed by atoms with E-state index in [1.54, 1.807) is 25.6 Å². The molecule has 1 N–H and O–H groups in total. The largest absolute Gasteiger partial charge is 0.497 e. The highest BCUT2D eigenvalue weighted by molar-refractivity contribution is 6.01. The molecule has 1 aromatic heterocycles. The number of rotatable bonds is 3. The quantitative estimate of drug-likeness (QED) is 0.793. The molecule has 3 rings (SSSR count). The molecule has 0 unspecified atom stereocenters. The van der Waals surface area contributed by atoms with Crippen LogP contribution >= 0.6 is 0 Å². The molecule has 0 aliphatic heterocycles. The molecular weight excluding hydrogens is 256 g/mol. The lowest BCUT2D eigenvalue weighted by Crippen LogP contribution is -1.98. The first-order chi connectivity index (χ1) is 9.70. The van der Waals surface area contributed by atoms with Gasteiger partial charge in [-0.1, -0.05) is 12.1 Å². The van der Waals surface area contributed by atoms with Crippen LogP contribution in [0.3, 0.4) is 0 Å². The Labute approximate surface area is 115 Å². The van der Waals surface area contributed by atoms with Crippen LogP contribution in [-0.2, 0) is 0 Å². The van der Waals surface area contributed by atoms with E-state index >= 15 is 0 Å². The first-order valence-corrected chi connectivity index (χ1v) is 6.04. The van der Waals surface area contributed by atoms with E-state index in [-0.39, 0.29) is 5.56 Å². The van der Waals surface area contributed by atoms with Gasteiger partial charge in [-0.05, 0) is 24.3 Å². The molecule has 0 aliphatic carbocycles. The smallest absolute Gasteiger partial charge is 0.337 e. The Kier molecular flexibility index (Phi) is 2.87. The van der Waals surface area contributed by atoms with Crippen LogP contribution in [0, 0.1) is 0 Å². The average molecular weight is 268 g/mol. The van der Waals surface area contributed by atoms with Crippen molar-refractivity contribution in [2.75, 3.05) is 7.11 Å². The first-order valence-electron chi connectivity index (χ1n) is 6.04. The van der Waals surface area contributed by atoms with Crippen LogP contribution in [0.4, 0.5) is 0 Å². The Morgan fingerprint density at radius 3 is 2.80 bits per heavy atom. The maximum Gasteiger partial charge on any atom is 0.337 e. The molecule has 0 radical (unpaired) electrons. The number of carboxylic acids is 1. The van der Waals surface area contributed by atoms with Crippen molar-refractivity contribution in [2.24, 2.45) is 0 Å². The van der Waals surface area contributed by atoms with Gasteiger partial charge in [0.2, 0.25) is 0 Å². The highest BCUT2D eigenvalue weighted by Crippen LogP contribution is 2.23. The molecule has 20 heavy (non-hydrogen) atoms. The highest BCUT2D eigenvalue weighted by Gasteiger charge is 2.13. The molecule has 5 nitrogen and oxygen atoms in total. The number of imidazole rings is 1. The van der Waals surface area contributed by atoms with Gasteiger partial charge in [0.1, 0.15) is 17.6 Å². The van der Waals surface area contributed by atoms with Gasteiger partial charge in [-0.25, -0.2) is 9.78 Å². The number of methoxy groups -OCH3 is 1. The van der Waals surface area contributed by atoms with E-state index in [9.17, 15) is 9.90 Å². The van der Waals surface area contributed by atoms with Gasteiger partial charge in [-0.15, -0.1) is 0 Å². The second-order valence-corrected chi connectivity index (χ2v) is 4.29. The van der Waals surface area contributed by atoms with Crippen molar-refractivity contribution in [1.82, 2.24) is 9.55 Å². The number of benzene rings is 2. The van der Waals surface area contributed by atoms with Gasteiger partial charge in [0.05, 0.1) is 23.9 Å². The first kappa shape index (κ1) is 12.2. The normalized spacial score (nSPS) is 10.7. The number of fused-ring (bicyclic) bond motifs is 1. The topological polar surface area (TPSA) is 64.4 Å². The molecule has 1 heterocycles. The van der Waals surface area contributed by atoms with Gasteiger partial charge in [0.15, 0.2) is 0 Å². The monoisotopic (exact) mass is 268 g/mol. The zero-order valence-electron chi connectivity index (χ0n) is 10.8. The van der Waals surface area contributed by atoms with E-state index in [1.165, 1.54) is 0 Å². The summed E-state index contributed by atoms with van der Waals surface area (Å²) in [4.78, 5) is 15.4. The van der Waals surface area contributed by atoms with E-state index in [0.717, 1.165) is 17.0 Å². The molecule has 2 aromatic carbocycles. The number of aromatic carboxylic acids is 1. The van der Waals surface area contributed by atoms with Crippen LogP contribution < -0.4 is 4.74 Å². The number of carbonyl (C=O) groups is 1. The third-order valence-corrected chi connectivity index (χ3v) is 3.14. The molecule has 0 aliphatic rings. The molecule has 0 atom stereocenters. The zero-order valence-corrected chi connectivity index (χ0v) is 10.8. The lowest BCUT2D eigenvalue weighted by atomic mass is 10.2. The Balaban J connectivity index is 2.22. The summed E-state index contributed by atoms with van der Waals surface area (Å²) in [5.41, 5.74) is 2.29. The maximum atomic E-state index is 11.2. The van der Waals surface area contributed by atoms with Crippen molar-refractivity contribution < 1.29 is 14.6 Å². The minimum atomic E-state index is -0.980. The minimum absolute atomic E-state index is 0.198. The van der Waals surface area contributed by atoms with E-state index in [1.807, 2.05) is 34.9 Å². The van der Waals surface area contributed by atoms with Gasteiger partial charge in [0, 0.05) is 6.07 Å². The molecule has 0 saturated heterocycles. The second-order valence-electron chi connectivity index (χ2n) is 4.29. The summed E-state index contributed by atoms with van der Waals surface area (Å²) in [6.45, 7) is 0. The van der Waals surface area contributed by atoms with Crippen LogP contribution in [-0.4, -0.2) is 27.7 Å². The summed E-state index contributed by atoms with van der Waals surface area (Å²) >= 11 is 0. The van der Waals surface area contributed by atoms with Crippen LogP contribution in [0.1, 0.15) is 10.4 Å². The number of carboxylic acid groups (broad SMARTS) is 1. The average Bonchev–Trinajstić information content (AvgIpc) is 2.91. The van der Waals surface area contributed by atoms with E-state index in [2.05, 4.69) is 4.98 Å². The van der Waals surface area contributed by atoms with Gasteiger partial charge < -0.3 is 9.84 Å². The van der Waals surface area contributed by atoms with Gasteiger partial charge in [-0.3, -0.25) is 4.57 Å². The molecule has 0 saturated carbocycles. The summed E-state index contributed by atoms with van der Waals surface area (Å²) in [7, 11) is 1.60. The lowest BCUT2D eigenvalue weighted by Gasteiger charge is -2.06. The Morgan fingerprint density at radius 1 is 1.25 bits per heavy atom. The fraction of sp³-hybridized carbons (Fsp3) is 0.0667. The van der Waals surface area contributed by atoms with Crippen LogP contribution in [0.2, 0.25) is 0 Å². The van der Waals surface area contributed by atoms with Gasteiger partial charge >= 0.3 is 5.97 Å². The standard InChI is InChI=1S/C15H12N2O3/c1-20-11-5-2-4-10(8-11)17-9-16-14-12(15(18)19)6-3-7-13(14)17/h2-9H,1H3,(H,18,19). The van der Waals surface area contributed by atoms with E-state index in [0.29, 0.717) is 5.52 Å². The van der Waals surface area contributed by atoms with Crippen LogP contribution in [0.5, 0.6) is 5.75 Å². The minimum Gasteiger partial charge on any atom is -0.497 e. The highest BCUT2D eigenvalue weighted by atomic mass is 16.5. The van der Waals surface area contributed by atoms with Gasteiger partial charge in [0.25, 0.3) is 0 Å². The fourth-order valence-corrected chi connectivity index (χ4v) is 2.18. The Bertz CT molecular complexity index is 793. The number of hydrogen-bond acceptors (Lipinski definition) is 3. The van der Waals surface area contributed by atoms with Crippen molar-refractivity contribution in [1.29, 1.82) is 0 Å². The third kappa shape index (κ3) is 1.89. The Hall–Kier alpha value is -2.82. The van der Waals surface area contributed by atoms with Crippen molar-refractivity contribution >= 4 is 17.0 Å². The summed E-state index contributed by atoms with van der Waals surface area (Å²) in [6.07, 6.45) is 1.62. The molecule has 0 bridgehead atoms. The van der Waals surface area contributed by atoms with Crippen molar-refractivity contribution in [3.05, 3.63) is 54.4 Å². The SMILES string of the molecule is COc1cccc(-n2cnc3c(C(=O)O)cccc32)c1. The molecule has 5 heteroatoms. The van der Waals surface area contributed by atoms with Crippen LogP contribution in [0.15, 0.2) is 48.8 Å². The van der Waals surface area contributed by atoms with Crippen molar-refractivity contribution in [2.45, 2.75) is 0 Å². The predicted molar refractivity (Wildman–Crippen MR) is 74.6 cm³/mol. The van der Waals surface area contributed by atoms with E-state index in [4.69, 9.17) is 4.74 Å². The van der Waals surface area contributed by atoms with Gasteiger partial charge in [-0.2, -0.15) is 0 Å². The number of ether oxygens (including phenoxy) is 1. The number of para-hydroxylation sites is 1. The number of nitrogens with zero attached hydrogens (tertiary/aromatic N) is 2. The van der Waals surface area contributed by atoms with Crippen molar-refractivity contribution in [3.8, 4) is 11.4 Å². The molecule has 0 spiro atoms. The van der Waals surface area contributed by atoms with Crippen molar-refractivity contribution in [3.63, 3.8) is 0 Å².